The molecule has 0 aromatic heterocycles. The van der Waals surface area contributed by atoms with E-state index in [0.717, 1.165) is 24.3 Å². The molecule has 0 radical (unpaired) electrons. The van der Waals surface area contributed by atoms with Gasteiger partial charge in [-0.1, -0.05) is 48.2 Å². The number of benzene rings is 2. The maximum atomic E-state index is 13.4. The molecule has 162 valence electrons. The van der Waals surface area contributed by atoms with Gasteiger partial charge in [0.05, 0.1) is 10.6 Å². The molecule has 1 aliphatic rings. The van der Waals surface area contributed by atoms with Gasteiger partial charge in [0.25, 0.3) is 5.91 Å². The molecule has 1 aliphatic carbocycles. The van der Waals surface area contributed by atoms with E-state index in [2.05, 4.69) is 36.4 Å². The number of hydrogen-bond acceptors (Lipinski definition) is 2. The highest BCUT2D eigenvalue weighted by Gasteiger charge is 2.29. The van der Waals surface area contributed by atoms with Crippen LogP contribution in [0.15, 0.2) is 42.5 Å². The second-order valence-electron chi connectivity index (χ2n) is 8.41. The zero-order valence-electron chi connectivity index (χ0n) is 17.5. The Bertz CT molecular complexity index is 849. The number of rotatable bonds is 7. The minimum atomic E-state index is -0.459. The molecule has 0 saturated heterocycles. The molecule has 1 fully saturated rings. The predicted molar refractivity (Wildman–Crippen MR) is 122 cm³/mol. The highest BCUT2D eigenvalue weighted by molar-refractivity contribution is 6.33. The van der Waals surface area contributed by atoms with Crippen LogP contribution in [0.25, 0.3) is 0 Å². The summed E-state index contributed by atoms with van der Waals surface area (Å²) in [4.78, 5) is 14.6. The van der Waals surface area contributed by atoms with Crippen molar-refractivity contribution in [1.29, 1.82) is 0 Å². The van der Waals surface area contributed by atoms with Gasteiger partial charge < -0.3 is 10.2 Å². The van der Waals surface area contributed by atoms with Gasteiger partial charge in [0.2, 0.25) is 0 Å². The number of amides is 1. The van der Waals surface area contributed by atoms with Crippen molar-refractivity contribution in [2.24, 2.45) is 11.8 Å². The molecule has 3 nitrogen and oxygen atoms in total. The normalized spacial score (nSPS) is 20.2. The predicted octanol–water partition coefficient (Wildman–Crippen LogP) is 6.36. The van der Waals surface area contributed by atoms with Crippen LogP contribution in [0.4, 0.5) is 4.39 Å². The highest BCUT2D eigenvalue weighted by Crippen LogP contribution is 2.40. The third kappa shape index (κ3) is 5.96. The molecular weight excluding hydrogens is 422 g/mol. The number of carbonyl (C=O) groups is 1. The lowest BCUT2D eigenvalue weighted by atomic mass is 9.75. The van der Waals surface area contributed by atoms with Crippen LogP contribution in [0.2, 0.25) is 10.0 Å². The van der Waals surface area contributed by atoms with Gasteiger partial charge in [-0.05, 0) is 81.1 Å². The Morgan fingerprint density at radius 2 is 1.77 bits per heavy atom. The highest BCUT2D eigenvalue weighted by atomic mass is 35.5. The topological polar surface area (TPSA) is 32.3 Å². The Labute approximate surface area is 188 Å². The van der Waals surface area contributed by atoms with E-state index in [9.17, 15) is 9.18 Å². The summed E-state index contributed by atoms with van der Waals surface area (Å²) < 4.78 is 13.4. The first-order chi connectivity index (χ1) is 14.3. The molecule has 0 heterocycles. The molecule has 0 aliphatic heterocycles. The molecule has 1 N–H and O–H groups in total. The van der Waals surface area contributed by atoms with Crippen molar-refractivity contribution in [2.45, 2.75) is 38.1 Å². The zero-order valence-corrected chi connectivity index (χ0v) is 19.0. The number of hydrogen-bond donors (Lipinski definition) is 1. The maximum Gasteiger partial charge on any atom is 0.252 e. The van der Waals surface area contributed by atoms with Crippen LogP contribution >= 0.6 is 23.2 Å². The van der Waals surface area contributed by atoms with Gasteiger partial charge in [0.1, 0.15) is 5.82 Å². The van der Waals surface area contributed by atoms with Crippen molar-refractivity contribution in [2.75, 3.05) is 20.6 Å². The molecular formula is C24H29Cl2FN2O. The van der Waals surface area contributed by atoms with Gasteiger partial charge in [-0.15, -0.1) is 0 Å². The third-order valence-electron chi connectivity index (χ3n) is 6.12. The molecule has 0 bridgehead atoms. The first-order valence-corrected chi connectivity index (χ1v) is 11.3. The zero-order chi connectivity index (χ0) is 21.7. The third-order valence-corrected chi connectivity index (χ3v) is 6.70. The number of nitrogens with zero attached hydrogens (tertiary/aromatic N) is 1. The molecule has 30 heavy (non-hydrogen) atoms. The maximum absolute atomic E-state index is 13.4. The Hall–Kier alpha value is -1.62. The largest absolute Gasteiger partial charge is 0.352 e. The summed E-state index contributed by atoms with van der Waals surface area (Å²) in [5, 5.41) is 3.92. The van der Waals surface area contributed by atoms with Crippen molar-refractivity contribution < 1.29 is 9.18 Å². The number of carbonyl (C=O) groups excluding carboxylic acids is 1. The fraction of sp³-hybridized carbons (Fsp3) is 0.458. The summed E-state index contributed by atoms with van der Waals surface area (Å²) in [6.07, 6.45) is 5.57. The van der Waals surface area contributed by atoms with Gasteiger partial charge in [0.15, 0.2) is 0 Å². The molecule has 2 aromatic rings. The van der Waals surface area contributed by atoms with Crippen molar-refractivity contribution in [3.63, 3.8) is 0 Å². The average Bonchev–Trinajstić information content (AvgIpc) is 2.72. The van der Waals surface area contributed by atoms with Gasteiger partial charge in [0, 0.05) is 17.6 Å². The number of halogens is 3. The molecule has 1 amide bonds. The second-order valence-corrected chi connectivity index (χ2v) is 9.25. The lowest BCUT2D eigenvalue weighted by Crippen LogP contribution is -2.31. The Kier molecular flexibility index (Phi) is 8.15. The number of nitrogens with one attached hydrogen (secondary N) is 1. The Balaban J connectivity index is 1.48. The fourth-order valence-corrected chi connectivity index (χ4v) is 4.93. The summed E-state index contributed by atoms with van der Waals surface area (Å²) >= 11 is 12.1. The van der Waals surface area contributed by atoms with E-state index >= 15 is 0 Å². The van der Waals surface area contributed by atoms with Crippen LogP contribution in [0.1, 0.15) is 54.1 Å². The smallest absolute Gasteiger partial charge is 0.252 e. The molecule has 2 aromatic carbocycles. The van der Waals surface area contributed by atoms with Gasteiger partial charge in [-0.25, -0.2) is 4.39 Å². The van der Waals surface area contributed by atoms with Crippen molar-refractivity contribution in [1.82, 2.24) is 10.2 Å². The fourth-order valence-electron chi connectivity index (χ4n) is 4.60. The lowest BCUT2D eigenvalue weighted by molar-refractivity contribution is 0.0947. The first-order valence-electron chi connectivity index (χ1n) is 10.5. The summed E-state index contributed by atoms with van der Waals surface area (Å²) in [6, 6.07) is 12.4. The summed E-state index contributed by atoms with van der Waals surface area (Å²) in [5.74, 6) is 0.429. The molecule has 6 heteroatoms. The molecule has 3 rings (SSSR count). The molecule has 0 spiro atoms. The minimum Gasteiger partial charge on any atom is -0.352 e. The van der Waals surface area contributed by atoms with Crippen LogP contribution in [-0.2, 0) is 0 Å². The van der Waals surface area contributed by atoms with Crippen LogP contribution in [0, 0.1) is 17.7 Å². The van der Waals surface area contributed by atoms with E-state index in [-0.39, 0.29) is 16.5 Å². The summed E-state index contributed by atoms with van der Waals surface area (Å²) in [6.45, 7) is 0.579. The molecule has 1 saturated carbocycles. The van der Waals surface area contributed by atoms with Gasteiger partial charge in [-0.3, -0.25) is 4.79 Å². The van der Waals surface area contributed by atoms with Crippen LogP contribution in [0.5, 0.6) is 0 Å². The van der Waals surface area contributed by atoms with Gasteiger partial charge in [-0.2, -0.15) is 0 Å². The van der Waals surface area contributed by atoms with Crippen molar-refractivity contribution in [3.05, 3.63) is 69.5 Å². The van der Waals surface area contributed by atoms with Gasteiger partial charge >= 0.3 is 0 Å². The van der Waals surface area contributed by atoms with E-state index in [0.29, 0.717) is 24.4 Å². The monoisotopic (exact) mass is 450 g/mol. The standard InChI is InChI=1S/C24H29Cl2FN2O/c1-29(2)23(18-7-9-19(25)10-8-18)17-5-3-16(4-6-17)13-14-28-24(30)21-15-20(27)11-12-22(21)26/h7-12,15-17,23H,3-6,13-14H2,1-2H3,(H,28,30). The van der Waals surface area contributed by atoms with E-state index in [1.54, 1.807) is 0 Å². The Morgan fingerprint density at radius 3 is 2.40 bits per heavy atom. The van der Waals surface area contributed by atoms with Crippen LogP contribution < -0.4 is 5.32 Å². The average molecular weight is 451 g/mol. The quantitative estimate of drug-likeness (QED) is 0.531. The second kappa shape index (κ2) is 10.6. The SMILES string of the molecule is CN(C)C(c1ccc(Cl)cc1)C1CCC(CCNC(=O)c2cc(F)ccc2Cl)CC1. The van der Waals surface area contributed by atoms with E-state index in [1.165, 1.54) is 36.6 Å². The van der Waals surface area contributed by atoms with Crippen molar-refractivity contribution in [3.8, 4) is 0 Å². The van der Waals surface area contributed by atoms with Crippen LogP contribution in [-0.4, -0.2) is 31.4 Å². The van der Waals surface area contributed by atoms with Crippen LogP contribution in [0.3, 0.4) is 0 Å². The summed E-state index contributed by atoms with van der Waals surface area (Å²) in [7, 11) is 4.27. The van der Waals surface area contributed by atoms with Crippen molar-refractivity contribution >= 4 is 29.1 Å². The first kappa shape index (κ1) is 23.1. The Morgan fingerprint density at radius 1 is 1.10 bits per heavy atom. The van der Waals surface area contributed by atoms with E-state index in [1.807, 2.05) is 12.1 Å². The summed E-state index contributed by atoms with van der Waals surface area (Å²) in [5.41, 5.74) is 1.50. The lowest BCUT2D eigenvalue weighted by Gasteiger charge is -2.37. The van der Waals surface area contributed by atoms with E-state index in [4.69, 9.17) is 23.2 Å². The molecule has 1 atom stereocenters. The van der Waals surface area contributed by atoms with E-state index < -0.39 is 5.82 Å². The molecule has 1 unspecified atom stereocenters. The minimum absolute atomic E-state index is 0.192.